The van der Waals surface area contributed by atoms with Crippen LogP contribution in [0.1, 0.15) is 0 Å². The molecule has 1 fully saturated rings. The molecule has 0 N–H and O–H groups in total. The van der Waals surface area contributed by atoms with Gasteiger partial charge in [0.25, 0.3) is 10.0 Å². The Labute approximate surface area is 206 Å². The fourth-order valence-corrected chi connectivity index (χ4v) is 5.53. The number of carbonyl (C=O) groups is 1. The van der Waals surface area contributed by atoms with E-state index >= 15 is 0 Å². The third-order valence-electron chi connectivity index (χ3n) is 6.03. The van der Waals surface area contributed by atoms with Crippen LogP contribution in [0, 0.1) is 0 Å². The van der Waals surface area contributed by atoms with E-state index in [1.165, 1.54) is 19.2 Å². The third-order valence-corrected chi connectivity index (χ3v) is 7.81. The Kier molecular flexibility index (Phi) is 7.45. The highest BCUT2D eigenvalue weighted by Gasteiger charge is 2.31. The van der Waals surface area contributed by atoms with E-state index in [-0.39, 0.29) is 17.3 Å². The molecule has 9 heteroatoms. The van der Waals surface area contributed by atoms with Crippen molar-refractivity contribution >= 4 is 27.3 Å². The summed E-state index contributed by atoms with van der Waals surface area (Å²) in [4.78, 5) is 17.4. The van der Waals surface area contributed by atoms with Gasteiger partial charge in [0, 0.05) is 31.9 Å². The highest BCUT2D eigenvalue weighted by atomic mass is 32.2. The van der Waals surface area contributed by atoms with Crippen LogP contribution in [-0.2, 0) is 14.8 Å². The molecule has 1 amide bonds. The molecule has 0 radical (unpaired) electrons. The summed E-state index contributed by atoms with van der Waals surface area (Å²) >= 11 is 0. The molecule has 1 heterocycles. The molecule has 4 rings (SSSR count). The first-order valence-corrected chi connectivity index (χ1v) is 12.8. The molecule has 184 valence electrons. The number of nitrogens with zero attached hydrogens (tertiary/aromatic N) is 3. The zero-order chi connectivity index (χ0) is 24.8. The SMILES string of the molecule is COc1ccc(N2CCN(C(=O)CN(c3ccccc3OC)S(=O)(=O)c3ccccc3)CC2)cc1. The number of carbonyl (C=O) groups excluding carboxylic acids is 1. The number of hydrogen-bond donors (Lipinski definition) is 0. The average Bonchev–Trinajstić information content (AvgIpc) is 2.92. The lowest BCUT2D eigenvalue weighted by Crippen LogP contribution is -2.52. The summed E-state index contributed by atoms with van der Waals surface area (Å²) in [5.41, 5.74) is 1.38. The number of sulfonamides is 1. The molecule has 1 saturated heterocycles. The predicted molar refractivity (Wildman–Crippen MR) is 136 cm³/mol. The summed E-state index contributed by atoms with van der Waals surface area (Å²) < 4.78 is 39.0. The Morgan fingerprint density at radius 2 is 1.46 bits per heavy atom. The number of methoxy groups -OCH3 is 2. The van der Waals surface area contributed by atoms with E-state index in [0.717, 1.165) is 15.7 Å². The molecule has 35 heavy (non-hydrogen) atoms. The molecule has 3 aromatic carbocycles. The van der Waals surface area contributed by atoms with Gasteiger partial charge in [-0.3, -0.25) is 9.10 Å². The lowest BCUT2D eigenvalue weighted by molar-refractivity contribution is -0.129. The van der Waals surface area contributed by atoms with Crippen LogP contribution < -0.4 is 18.7 Å². The first kappa shape index (κ1) is 24.4. The molecular formula is C26H29N3O5S. The highest BCUT2D eigenvalue weighted by molar-refractivity contribution is 7.92. The molecule has 1 aliphatic rings. The standard InChI is InChI=1S/C26H29N3O5S/c1-33-22-14-12-21(13-15-22)27-16-18-28(19-17-27)26(30)20-29(24-10-6-7-11-25(24)34-2)35(31,32)23-8-4-3-5-9-23/h3-15H,16-20H2,1-2H3. The van der Waals surface area contributed by atoms with Gasteiger partial charge in [-0.15, -0.1) is 0 Å². The summed E-state index contributed by atoms with van der Waals surface area (Å²) in [6.07, 6.45) is 0. The van der Waals surface area contributed by atoms with E-state index in [2.05, 4.69) is 4.90 Å². The van der Waals surface area contributed by atoms with E-state index in [1.807, 2.05) is 24.3 Å². The van der Waals surface area contributed by atoms with Crippen LogP contribution in [0.2, 0.25) is 0 Å². The second-order valence-corrected chi connectivity index (χ2v) is 9.92. The number of anilines is 2. The first-order chi connectivity index (χ1) is 16.9. The number of hydrogen-bond acceptors (Lipinski definition) is 6. The third kappa shape index (κ3) is 5.35. The van der Waals surface area contributed by atoms with Crippen molar-refractivity contribution in [2.45, 2.75) is 4.90 Å². The second kappa shape index (κ2) is 10.7. The molecule has 0 unspecified atom stereocenters. The van der Waals surface area contributed by atoms with E-state index in [9.17, 15) is 13.2 Å². The van der Waals surface area contributed by atoms with Crippen LogP contribution >= 0.6 is 0 Å². The summed E-state index contributed by atoms with van der Waals surface area (Å²) in [6.45, 7) is 1.97. The van der Waals surface area contributed by atoms with Gasteiger partial charge in [-0.2, -0.15) is 0 Å². The highest BCUT2D eigenvalue weighted by Crippen LogP contribution is 2.32. The molecule has 0 aliphatic carbocycles. The van der Waals surface area contributed by atoms with Crippen molar-refractivity contribution in [3.8, 4) is 11.5 Å². The van der Waals surface area contributed by atoms with E-state index in [1.54, 1.807) is 54.5 Å². The van der Waals surface area contributed by atoms with Gasteiger partial charge in [-0.25, -0.2) is 8.42 Å². The zero-order valence-electron chi connectivity index (χ0n) is 19.8. The number of rotatable bonds is 8. The summed E-state index contributed by atoms with van der Waals surface area (Å²) in [5, 5.41) is 0. The minimum atomic E-state index is -4.00. The number of piperazine rings is 1. The Morgan fingerprint density at radius 1 is 0.829 bits per heavy atom. The zero-order valence-corrected chi connectivity index (χ0v) is 20.6. The molecule has 3 aromatic rings. The molecular weight excluding hydrogens is 466 g/mol. The van der Waals surface area contributed by atoms with E-state index in [0.29, 0.717) is 37.6 Å². The van der Waals surface area contributed by atoms with Crippen molar-refractivity contribution in [2.75, 3.05) is 56.1 Å². The van der Waals surface area contributed by atoms with Gasteiger partial charge in [0.1, 0.15) is 18.0 Å². The smallest absolute Gasteiger partial charge is 0.264 e. The van der Waals surface area contributed by atoms with Crippen molar-refractivity contribution in [2.24, 2.45) is 0 Å². The maximum absolute atomic E-state index is 13.6. The fourth-order valence-electron chi connectivity index (χ4n) is 4.09. The van der Waals surface area contributed by atoms with Crippen LogP contribution in [0.25, 0.3) is 0 Å². The average molecular weight is 496 g/mol. The number of amides is 1. The molecule has 0 atom stereocenters. The van der Waals surface area contributed by atoms with Gasteiger partial charge in [0.05, 0.1) is 24.8 Å². The predicted octanol–water partition coefficient (Wildman–Crippen LogP) is 3.25. The second-order valence-electron chi connectivity index (χ2n) is 8.06. The van der Waals surface area contributed by atoms with Gasteiger partial charge in [-0.1, -0.05) is 30.3 Å². The quantitative estimate of drug-likeness (QED) is 0.477. The van der Waals surface area contributed by atoms with Crippen molar-refractivity contribution < 1.29 is 22.7 Å². The van der Waals surface area contributed by atoms with Gasteiger partial charge in [0.2, 0.25) is 5.91 Å². The maximum atomic E-state index is 13.6. The van der Waals surface area contributed by atoms with Gasteiger partial charge >= 0.3 is 0 Å². The molecule has 1 aliphatic heterocycles. The van der Waals surface area contributed by atoms with Crippen molar-refractivity contribution in [1.29, 1.82) is 0 Å². The number of benzene rings is 3. The normalized spacial score (nSPS) is 13.9. The van der Waals surface area contributed by atoms with Gasteiger partial charge in [0.15, 0.2) is 0 Å². The van der Waals surface area contributed by atoms with E-state index in [4.69, 9.17) is 9.47 Å². The Morgan fingerprint density at radius 3 is 2.09 bits per heavy atom. The fraction of sp³-hybridized carbons (Fsp3) is 0.269. The van der Waals surface area contributed by atoms with Crippen LogP contribution in [0.15, 0.2) is 83.8 Å². The lowest BCUT2D eigenvalue weighted by Gasteiger charge is -2.37. The molecule has 8 nitrogen and oxygen atoms in total. The topological polar surface area (TPSA) is 79.4 Å². The summed E-state index contributed by atoms with van der Waals surface area (Å²) in [5.74, 6) is 0.910. The first-order valence-electron chi connectivity index (χ1n) is 11.3. The van der Waals surface area contributed by atoms with Crippen molar-refractivity contribution in [3.05, 3.63) is 78.9 Å². The Hall–Kier alpha value is -3.72. The lowest BCUT2D eigenvalue weighted by atomic mass is 10.2. The van der Waals surface area contributed by atoms with Crippen LogP contribution in [0.4, 0.5) is 11.4 Å². The Bertz CT molecular complexity index is 1240. The van der Waals surface area contributed by atoms with Crippen LogP contribution in [-0.4, -0.2) is 66.2 Å². The van der Waals surface area contributed by atoms with Gasteiger partial charge in [-0.05, 0) is 48.5 Å². The van der Waals surface area contributed by atoms with Crippen LogP contribution in [0.3, 0.4) is 0 Å². The monoisotopic (exact) mass is 495 g/mol. The van der Waals surface area contributed by atoms with Crippen molar-refractivity contribution in [1.82, 2.24) is 4.90 Å². The van der Waals surface area contributed by atoms with Crippen LogP contribution in [0.5, 0.6) is 11.5 Å². The largest absolute Gasteiger partial charge is 0.497 e. The molecule has 0 spiro atoms. The van der Waals surface area contributed by atoms with Crippen molar-refractivity contribution in [3.63, 3.8) is 0 Å². The van der Waals surface area contributed by atoms with E-state index < -0.39 is 10.0 Å². The number of ether oxygens (including phenoxy) is 2. The summed E-state index contributed by atoms with van der Waals surface area (Å²) in [6, 6.07) is 22.7. The van der Waals surface area contributed by atoms with Gasteiger partial charge < -0.3 is 19.3 Å². The molecule has 0 bridgehead atoms. The maximum Gasteiger partial charge on any atom is 0.264 e. The summed E-state index contributed by atoms with van der Waals surface area (Å²) in [7, 11) is -0.888. The molecule has 0 aromatic heterocycles. The minimum absolute atomic E-state index is 0.114. The number of para-hydroxylation sites is 2. The Balaban J connectivity index is 1.53. The molecule has 0 saturated carbocycles. The minimum Gasteiger partial charge on any atom is -0.497 e.